The molecule has 1 aliphatic rings. The molecule has 1 saturated heterocycles. The van der Waals surface area contributed by atoms with Gasteiger partial charge in [-0.25, -0.2) is 0 Å². The molecule has 1 atom stereocenters. The Labute approximate surface area is 92.0 Å². The van der Waals surface area contributed by atoms with Gasteiger partial charge < -0.3 is 15.2 Å². The van der Waals surface area contributed by atoms with Crippen LogP contribution in [-0.4, -0.2) is 36.9 Å². The first-order valence-corrected chi connectivity index (χ1v) is 5.43. The maximum Gasteiger partial charge on any atom is 0.308 e. The van der Waals surface area contributed by atoms with Crippen molar-refractivity contribution in [3.05, 3.63) is 0 Å². The third-order valence-electron chi connectivity index (χ3n) is 2.10. The van der Waals surface area contributed by atoms with Gasteiger partial charge in [-0.3, -0.25) is 4.79 Å². The molecule has 1 rings (SSSR count). The zero-order chi connectivity index (χ0) is 11.9. The van der Waals surface area contributed by atoms with Gasteiger partial charge in [0, 0.05) is 13.1 Å². The Hall–Kier alpha value is -0.610. The average molecular weight is 217 g/mol. The zero-order valence-electron chi connectivity index (χ0n) is 10.2. The second-order valence-electron chi connectivity index (χ2n) is 4.66. The fourth-order valence-electron chi connectivity index (χ4n) is 0.882. The van der Waals surface area contributed by atoms with Crippen molar-refractivity contribution in [2.24, 2.45) is 5.41 Å². The van der Waals surface area contributed by atoms with Crippen molar-refractivity contribution in [2.45, 2.75) is 40.2 Å². The maximum absolute atomic E-state index is 10.0. The monoisotopic (exact) mass is 217 g/mol. The van der Waals surface area contributed by atoms with Crippen molar-refractivity contribution in [1.29, 1.82) is 0 Å². The molecule has 2 N–H and O–H groups in total. The van der Waals surface area contributed by atoms with Crippen LogP contribution >= 0.6 is 0 Å². The summed E-state index contributed by atoms with van der Waals surface area (Å²) in [6.07, 6.45) is 1.61. The van der Waals surface area contributed by atoms with Gasteiger partial charge in [-0.05, 0) is 27.2 Å². The molecule has 0 spiro atoms. The molecule has 0 saturated carbocycles. The van der Waals surface area contributed by atoms with Gasteiger partial charge in [-0.15, -0.1) is 0 Å². The Morgan fingerprint density at radius 2 is 2.07 bits per heavy atom. The minimum absolute atomic E-state index is 0.476. The summed E-state index contributed by atoms with van der Waals surface area (Å²) in [6, 6.07) is 0. The van der Waals surface area contributed by atoms with E-state index in [4.69, 9.17) is 9.84 Å². The largest absolute Gasteiger partial charge is 0.481 e. The van der Waals surface area contributed by atoms with Gasteiger partial charge in [-0.1, -0.05) is 6.92 Å². The standard InChI is InChI=1S/C6H13NO.C5H10O2/c1-2-6-5-7-3-4-8-6;1-5(2,3)4(6)7/h6-7H,2-5H2,1H3;1-3H3,(H,6,7). The summed E-state index contributed by atoms with van der Waals surface area (Å²) in [5, 5.41) is 11.5. The minimum Gasteiger partial charge on any atom is -0.481 e. The molecule has 4 heteroatoms. The molecular weight excluding hydrogens is 194 g/mol. The lowest BCUT2D eigenvalue weighted by Crippen LogP contribution is -2.37. The van der Waals surface area contributed by atoms with Crippen LogP contribution in [0.5, 0.6) is 0 Å². The normalized spacial score (nSPS) is 21.5. The molecule has 0 radical (unpaired) electrons. The summed E-state index contributed by atoms with van der Waals surface area (Å²) in [4.78, 5) is 10.0. The van der Waals surface area contributed by atoms with Gasteiger partial charge in [0.1, 0.15) is 0 Å². The fraction of sp³-hybridized carbons (Fsp3) is 0.909. The highest BCUT2D eigenvalue weighted by Gasteiger charge is 2.18. The molecular formula is C11H23NO3. The van der Waals surface area contributed by atoms with E-state index in [0.717, 1.165) is 26.1 Å². The molecule has 0 aromatic rings. The van der Waals surface area contributed by atoms with Gasteiger partial charge in [0.2, 0.25) is 0 Å². The maximum atomic E-state index is 10.0. The predicted molar refractivity (Wildman–Crippen MR) is 60.0 cm³/mol. The van der Waals surface area contributed by atoms with Crippen molar-refractivity contribution >= 4 is 5.97 Å². The Morgan fingerprint density at radius 1 is 1.53 bits per heavy atom. The summed E-state index contributed by atoms with van der Waals surface area (Å²) in [6.45, 7) is 10.1. The number of ether oxygens (including phenoxy) is 1. The van der Waals surface area contributed by atoms with Crippen LogP contribution in [0.1, 0.15) is 34.1 Å². The van der Waals surface area contributed by atoms with Crippen LogP contribution in [0.3, 0.4) is 0 Å². The topological polar surface area (TPSA) is 58.6 Å². The van der Waals surface area contributed by atoms with Gasteiger partial charge in [-0.2, -0.15) is 0 Å². The minimum atomic E-state index is -0.757. The Morgan fingerprint density at radius 3 is 2.27 bits per heavy atom. The van der Waals surface area contributed by atoms with Crippen LogP contribution < -0.4 is 5.32 Å². The Balaban J connectivity index is 0.000000265. The molecule has 90 valence electrons. The SMILES string of the molecule is CC(C)(C)C(=O)O.CCC1CNCCO1. The number of rotatable bonds is 1. The molecule has 0 aromatic carbocycles. The van der Waals surface area contributed by atoms with Crippen molar-refractivity contribution < 1.29 is 14.6 Å². The van der Waals surface area contributed by atoms with E-state index in [1.807, 2.05) is 0 Å². The highest BCUT2D eigenvalue weighted by atomic mass is 16.5. The molecule has 0 aromatic heterocycles. The summed E-state index contributed by atoms with van der Waals surface area (Å²) in [7, 11) is 0. The molecule has 1 unspecified atom stereocenters. The second-order valence-corrected chi connectivity index (χ2v) is 4.66. The van der Waals surface area contributed by atoms with Gasteiger partial charge in [0.25, 0.3) is 0 Å². The number of hydrogen-bond acceptors (Lipinski definition) is 3. The van der Waals surface area contributed by atoms with Crippen LogP contribution in [0.4, 0.5) is 0 Å². The number of morpholine rings is 1. The third kappa shape index (κ3) is 7.33. The van der Waals surface area contributed by atoms with Crippen molar-refractivity contribution in [3.63, 3.8) is 0 Å². The van der Waals surface area contributed by atoms with E-state index in [1.165, 1.54) is 0 Å². The Bertz CT molecular complexity index is 181. The summed E-state index contributed by atoms with van der Waals surface area (Å²) in [5.41, 5.74) is -0.583. The second kappa shape index (κ2) is 6.80. The first kappa shape index (κ1) is 14.4. The van der Waals surface area contributed by atoms with Gasteiger partial charge in [0.05, 0.1) is 18.1 Å². The van der Waals surface area contributed by atoms with Gasteiger partial charge >= 0.3 is 5.97 Å². The van der Waals surface area contributed by atoms with E-state index in [2.05, 4.69) is 12.2 Å². The summed E-state index contributed by atoms with van der Waals surface area (Å²) in [5.74, 6) is -0.757. The molecule has 0 amide bonds. The molecule has 1 heterocycles. The lowest BCUT2D eigenvalue weighted by molar-refractivity contribution is -0.145. The first-order chi connectivity index (χ1) is 6.88. The molecule has 1 fully saturated rings. The average Bonchev–Trinajstić information content (AvgIpc) is 2.18. The van der Waals surface area contributed by atoms with Gasteiger partial charge in [0.15, 0.2) is 0 Å². The lowest BCUT2D eigenvalue weighted by Gasteiger charge is -2.21. The number of nitrogens with one attached hydrogen (secondary N) is 1. The number of carboxylic acids is 1. The highest BCUT2D eigenvalue weighted by molar-refractivity contribution is 5.72. The van der Waals surface area contributed by atoms with Crippen LogP contribution in [0.15, 0.2) is 0 Å². The highest BCUT2D eigenvalue weighted by Crippen LogP contribution is 2.11. The van der Waals surface area contributed by atoms with E-state index in [1.54, 1.807) is 20.8 Å². The molecule has 4 nitrogen and oxygen atoms in total. The summed E-state index contributed by atoms with van der Waals surface area (Å²) < 4.78 is 5.36. The van der Waals surface area contributed by atoms with E-state index >= 15 is 0 Å². The molecule has 1 aliphatic heterocycles. The van der Waals surface area contributed by atoms with E-state index < -0.39 is 11.4 Å². The van der Waals surface area contributed by atoms with Crippen molar-refractivity contribution in [2.75, 3.05) is 19.7 Å². The fourth-order valence-corrected chi connectivity index (χ4v) is 0.882. The third-order valence-corrected chi connectivity index (χ3v) is 2.10. The number of carboxylic acid groups (broad SMARTS) is 1. The molecule has 15 heavy (non-hydrogen) atoms. The summed E-state index contributed by atoms with van der Waals surface area (Å²) >= 11 is 0. The number of carbonyl (C=O) groups is 1. The van der Waals surface area contributed by atoms with Crippen LogP contribution in [0, 0.1) is 5.41 Å². The van der Waals surface area contributed by atoms with E-state index in [9.17, 15) is 4.79 Å². The smallest absolute Gasteiger partial charge is 0.308 e. The van der Waals surface area contributed by atoms with Crippen LogP contribution in [-0.2, 0) is 9.53 Å². The van der Waals surface area contributed by atoms with Crippen LogP contribution in [0.25, 0.3) is 0 Å². The first-order valence-electron chi connectivity index (χ1n) is 5.43. The van der Waals surface area contributed by atoms with Crippen molar-refractivity contribution in [3.8, 4) is 0 Å². The van der Waals surface area contributed by atoms with Crippen LogP contribution in [0.2, 0.25) is 0 Å². The zero-order valence-corrected chi connectivity index (χ0v) is 10.2. The number of hydrogen-bond donors (Lipinski definition) is 2. The predicted octanol–water partition coefficient (Wildman–Crippen LogP) is 1.50. The van der Waals surface area contributed by atoms with E-state index in [0.29, 0.717) is 6.10 Å². The Kier molecular flexibility index (Phi) is 6.52. The number of aliphatic carboxylic acids is 1. The van der Waals surface area contributed by atoms with Crippen molar-refractivity contribution in [1.82, 2.24) is 5.32 Å². The van der Waals surface area contributed by atoms with E-state index in [-0.39, 0.29) is 0 Å². The lowest BCUT2D eigenvalue weighted by atomic mass is 9.98. The molecule has 0 bridgehead atoms. The quantitative estimate of drug-likeness (QED) is 0.699. The molecule has 0 aliphatic carbocycles.